The maximum atomic E-state index is 13.0. The number of carbonyl (C=O) groups is 1. The summed E-state index contributed by atoms with van der Waals surface area (Å²) in [5, 5.41) is 9.70. The van der Waals surface area contributed by atoms with E-state index >= 15 is 0 Å². The van der Waals surface area contributed by atoms with Crippen LogP contribution in [-0.2, 0) is 0 Å². The number of carbonyl (C=O) groups excluding carboxylic acids is 1. The molecule has 0 radical (unpaired) electrons. The maximum absolute atomic E-state index is 13.0. The fourth-order valence-corrected chi connectivity index (χ4v) is 4.14. The molecule has 0 atom stereocenters. The number of nitrogens with zero attached hydrogens (tertiary/aromatic N) is 1. The molecule has 1 aromatic heterocycles. The van der Waals surface area contributed by atoms with Crippen LogP contribution in [0.5, 0.6) is 11.5 Å². The molecule has 2 aromatic rings. The van der Waals surface area contributed by atoms with E-state index in [4.69, 9.17) is 9.47 Å². The number of aromatic amines is 1. The fourth-order valence-electron chi connectivity index (χ4n) is 4.14. The first-order valence-electron chi connectivity index (χ1n) is 10.1. The van der Waals surface area contributed by atoms with Gasteiger partial charge in [0.05, 0.1) is 24.9 Å². The van der Waals surface area contributed by atoms with Gasteiger partial charge in [-0.1, -0.05) is 6.07 Å². The second-order valence-electron chi connectivity index (χ2n) is 7.70. The molecule has 2 aliphatic rings. The quantitative estimate of drug-likeness (QED) is 0.826. The Hall–Kier alpha value is -2.47. The van der Waals surface area contributed by atoms with Crippen LogP contribution in [0.2, 0.25) is 0 Å². The minimum absolute atomic E-state index is 0.00257. The van der Waals surface area contributed by atoms with E-state index in [-0.39, 0.29) is 18.1 Å². The number of amides is 1. The molecule has 1 aliphatic carbocycles. The van der Waals surface area contributed by atoms with E-state index in [1.54, 1.807) is 13.3 Å². The van der Waals surface area contributed by atoms with Gasteiger partial charge in [0.25, 0.3) is 5.91 Å². The van der Waals surface area contributed by atoms with Crippen LogP contribution in [0.3, 0.4) is 0 Å². The number of hydrogen-bond donors (Lipinski definition) is 2. The van der Waals surface area contributed by atoms with Crippen LogP contribution >= 0.6 is 0 Å². The molecule has 0 spiro atoms. The van der Waals surface area contributed by atoms with Crippen molar-refractivity contribution in [2.45, 2.75) is 50.7 Å². The highest BCUT2D eigenvalue weighted by Gasteiger charge is 2.25. The third-order valence-corrected chi connectivity index (χ3v) is 5.80. The van der Waals surface area contributed by atoms with Crippen molar-refractivity contribution in [1.82, 2.24) is 9.88 Å². The zero-order valence-electron chi connectivity index (χ0n) is 16.3. The summed E-state index contributed by atoms with van der Waals surface area (Å²) in [7, 11) is 1.65. The van der Waals surface area contributed by atoms with Gasteiger partial charge in [0.15, 0.2) is 11.5 Å². The van der Waals surface area contributed by atoms with E-state index in [1.807, 2.05) is 29.3 Å². The fraction of sp³-hybridized carbons (Fsp3) is 0.500. The van der Waals surface area contributed by atoms with Crippen LogP contribution in [-0.4, -0.2) is 53.3 Å². The zero-order valence-corrected chi connectivity index (χ0v) is 16.3. The van der Waals surface area contributed by atoms with Crippen LogP contribution in [0.1, 0.15) is 48.9 Å². The summed E-state index contributed by atoms with van der Waals surface area (Å²) in [5.41, 5.74) is 2.43. The van der Waals surface area contributed by atoms with Crippen molar-refractivity contribution in [3.63, 3.8) is 0 Å². The smallest absolute Gasteiger partial charge is 0.256 e. The summed E-state index contributed by atoms with van der Waals surface area (Å²) in [6, 6.07) is 5.83. The maximum Gasteiger partial charge on any atom is 0.256 e. The van der Waals surface area contributed by atoms with E-state index in [1.165, 1.54) is 12.8 Å². The van der Waals surface area contributed by atoms with Gasteiger partial charge in [0.2, 0.25) is 0 Å². The van der Waals surface area contributed by atoms with Gasteiger partial charge in [-0.3, -0.25) is 4.79 Å². The van der Waals surface area contributed by atoms with Crippen molar-refractivity contribution in [1.29, 1.82) is 0 Å². The predicted molar refractivity (Wildman–Crippen MR) is 107 cm³/mol. The first-order valence-corrected chi connectivity index (χ1v) is 10.1. The Morgan fingerprint density at radius 3 is 2.57 bits per heavy atom. The van der Waals surface area contributed by atoms with E-state index in [2.05, 4.69) is 4.98 Å². The molecule has 1 saturated carbocycles. The summed E-state index contributed by atoms with van der Waals surface area (Å²) in [6.07, 6.45) is 9.35. The van der Waals surface area contributed by atoms with Gasteiger partial charge in [0, 0.05) is 31.0 Å². The topological polar surface area (TPSA) is 74.8 Å². The van der Waals surface area contributed by atoms with Crippen molar-refractivity contribution < 1.29 is 19.4 Å². The molecular weight excluding hydrogens is 356 g/mol. The Bertz CT molecular complexity index is 818. The predicted octanol–water partition coefficient (Wildman–Crippen LogP) is 3.61. The first-order chi connectivity index (χ1) is 13.7. The van der Waals surface area contributed by atoms with Crippen molar-refractivity contribution in [2.75, 3.05) is 20.2 Å². The molecular formula is C22H28N2O4. The van der Waals surface area contributed by atoms with Crippen molar-refractivity contribution >= 4 is 5.91 Å². The molecule has 0 bridgehead atoms. The zero-order chi connectivity index (χ0) is 19.5. The van der Waals surface area contributed by atoms with Crippen molar-refractivity contribution in [3.05, 3.63) is 36.2 Å². The van der Waals surface area contributed by atoms with E-state index in [0.29, 0.717) is 37.2 Å². The van der Waals surface area contributed by atoms with Crippen LogP contribution in [0.4, 0.5) is 0 Å². The lowest BCUT2D eigenvalue weighted by Gasteiger charge is -2.29. The molecule has 4 rings (SSSR count). The Balaban J connectivity index is 1.59. The number of likely N-dealkylation sites (tertiary alicyclic amines) is 1. The van der Waals surface area contributed by atoms with Gasteiger partial charge in [-0.15, -0.1) is 0 Å². The standard InChI is InChI=1S/C22H28N2O4/c1-27-20-7-6-15(12-21(20)28-17-4-2-3-5-17)18-13-23-14-19(18)22(26)24-10-8-16(25)9-11-24/h6-7,12-14,16-17,23,25H,2-5,8-11H2,1H3. The normalized spacial score (nSPS) is 18.4. The van der Waals surface area contributed by atoms with Gasteiger partial charge < -0.3 is 24.5 Å². The number of rotatable bonds is 5. The molecule has 1 aromatic carbocycles. The molecule has 0 unspecified atom stereocenters. The number of piperidine rings is 1. The molecule has 150 valence electrons. The average molecular weight is 384 g/mol. The number of aromatic nitrogens is 1. The molecule has 6 heteroatoms. The number of aliphatic hydroxyl groups excluding tert-OH is 1. The molecule has 1 aliphatic heterocycles. The highest BCUT2D eigenvalue weighted by Crippen LogP contribution is 2.36. The summed E-state index contributed by atoms with van der Waals surface area (Å²) >= 11 is 0. The molecule has 28 heavy (non-hydrogen) atoms. The van der Waals surface area contributed by atoms with Gasteiger partial charge in [-0.25, -0.2) is 0 Å². The number of aliphatic hydroxyl groups is 1. The second kappa shape index (κ2) is 8.27. The first kappa shape index (κ1) is 18.9. The second-order valence-corrected chi connectivity index (χ2v) is 7.70. The summed E-state index contributed by atoms with van der Waals surface area (Å²) < 4.78 is 11.7. The lowest BCUT2D eigenvalue weighted by atomic mass is 10.0. The molecule has 1 saturated heterocycles. The SMILES string of the molecule is COc1ccc(-c2c[nH]cc2C(=O)N2CCC(O)CC2)cc1OC1CCCC1. The van der Waals surface area contributed by atoms with Gasteiger partial charge in [-0.2, -0.15) is 0 Å². The number of nitrogens with one attached hydrogen (secondary N) is 1. The number of hydrogen-bond acceptors (Lipinski definition) is 4. The molecule has 1 amide bonds. The Labute approximate surface area is 165 Å². The van der Waals surface area contributed by atoms with Crippen LogP contribution in [0, 0.1) is 0 Å². The minimum atomic E-state index is -0.299. The molecule has 2 fully saturated rings. The Morgan fingerprint density at radius 1 is 1.11 bits per heavy atom. The lowest BCUT2D eigenvalue weighted by molar-refractivity contribution is 0.0547. The summed E-state index contributed by atoms with van der Waals surface area (Å²) in [6.45, 7) is 1.17. The largest absolute Gasteiger partial charge is 0.493 e. The van der Waals surface area contributed by atoms with Crippen molar-refractivity contribution in [2.24, 2.45) is 0 Å². The number of benzene rings is 1. The monoisotopic (exact) mass is 384 g/mol. The number of methoxy groups -OCH3 is 1. The van der Waals surface area contributed by atoms with Crippen LogP contribution < -0.4 is 9.47 Å². The van der Waals surface area contributed by atoms with E-state index in [9.17, 15) is 9.90 Å². The van der Waals surface area contributed by atoms with Crippen LogP contribution in [0.25, 0.3) is 11.1 Å². The van der Waals surface area contributed by atoms with Gasteiger partial charge in [0.1, 0.15) is 0 Å². The lowest BCUT2D eigenvalue weighted by Crippen LogP contribution is -2.40. The Kier molecular flexibility index (Phi) is 5.57. The van der Waals surface area contributed by atoms with Crippen LogP contribution in [0.15, 0.2) is 30.6 Å². The highest BCUT2D eigenvalue weighted by molar-refractivity contribution is 6.01. The highest BCUT2D eigenvalue weighted by atomic mass is 16.5. The third kappa shape index (κ3) is 3.87. The average Bonchev–Trinajstić information content (AvgIpc) is 3.40. The Morgan fingerprint density at radius 2 is 1.86 bits per heavy atom. The summed E-state index contributed by atoms with van der Waals surface area (Å²) in [5.74, 6) is 1.44. The van der Waals surface area contributed by atoms with E-state index < -0.39 is 0 Å². The molecule has 2 heterocycles. The molecule has 2 N–H and O–H groups in total. The number of H-pyrrole nitrogens is 1. The third-order valence-electron chi connectivity index (χ3n) is 5.80. The van der Waals surface area contributed by atoms with E-state index in [0.717, 1.165) is 29.7 Å². The summed E-state index contributed by atoms with van der Waals surface area (Å²) in [4.78, 5) is 17.9. The van der Waals surface area contributed by atoms with Gasteiger partial charge in [-0.05, 0) is 56.2 Å². The van der Waals surface area contributed by atoms with Crippen molar-refractivity contribution in [3.8, 4) is 22.6 Å². The molecule has 6 nitrogen and oxygen atoms in total. The van der Waals surface area contributed by atoms with Gasteiger partial charge >= 0.3 is 0 Å². The number of ether oxygens (including phenoxy) is 2. The minimum Gasteiger partial charge on any atom is -0.493 e.